The van der Waals surface area contributed by atoms with Crippen LogP contribution in [0.25, 0.3) is 0 Å². The molecule has 0 aliphatic heterocycles. The molecule has 0 aromatic carbocycles. The second kappa shape index (κ2) is 7.62. The van der Waals surface area contributed by atoms with Crippen molar-refractivity contribution in [3.05, 3.63) is 24.5 Å². The quantitative estimate of drug-likeness (QED) is 0.547. The molecular formula is C6H10ClN3O2. The Morgan fingerprint density at radius 2 is 2.00 bits per heavy atom. The van der Waals surface area contributed by atoms with Crippen molar-refractivity contribution in [3.63, 3.8) is 0 Å². The van der Waals surface area contributed by atoms with Gasteiger partial charge in [-0.05, 0) is 12.1 Å². The third-order valence-corrected chi connectivity index (χ3v) is 0.646. The Morgan fingerprint density at radius 3 is 2.17 bits per heavy atom. The van der Waals surface area contributed by atoms with E-state index in [4.69, 9.17) is 9.90 Å². The van der Waals surface area contributed by atoms with Gasteiger partial charge in [-0.25, -0.2) is 4.79 Å². The topological polar surface area (TPSA) is 102 Å². The molecule has 6 heteroatoms. The van der Waals surface area contributed by atoms with Gasteiger partial charge in [0, 0.05) is 6.20 Å². The number of hydrogen-bond donors (Lipinski definition) is 3. The first kappa shape index (κ1) is 13.1. The summed E-state index contributed by atoms with van der Waals surface area (Å²) in [4.78, 5) is 12.6. The highest BCUT2D eigenvalue weighted by Gasteiger charge is 1.76. The van der Waals surface area contributed by atoms with Gasteiger partial charge in [0.2, 0.25) is 0 Å². The van der Waals surface area contributed by atoms with Crippen molar-refractivity contribution in [1.82, 2.24) is 4.98 Å². The molecule has 1 aromatic heterocycles. The third-order valence-electron chi connectivity index (χ3n) is 0.646. The van der Waals surface area contributed by atoms with Crippen molar-refractivity contribution in [2.45, 2.75) is 0 Å². The zero-order chi connectivity index (χ0) is 8.69. The Hall–Kier alpha value is -1.49. The van der Waals surface area contributed by atoms with Crippen LogP contribution in [-0.4, -0.2) is 16.1 Å². The van der Waals surface area contributed by atoms with Gasteiger partial charge in [-0.2, -0.15) is 0 Å². The van der Waals surface area contributed by atoms with Crippen LogP contribution in [0.2, 0.25) is 0 Å². The summed E-state index contributed by atoms with van der Waals surface area (Å²) < 4.78 is 0. The number of aromatic nitrogens is 1. The Bertz CT molecular complexity index is 213. The molecule has 0 fully saturated rings. The molecule has 1 aromatic rings. The molecule has 0 radical (unpaired) electrons. The lowest BCUT2D eigenvalue weighted by Gasteiger charge is -1.81. The molecule has 0 unspecified atom stereocenters. The molecule has 0 atom stereocenters. The smallest absolute Gasteiger partial charge is 0.309 e. The fourth-order valence-electron chi connectivity index (χ4n) is 0.354. The number of urea groups is 1. The second-order valence-electron chi connectivity index (χ2n) is 1.61. The van der Waals surface area contributed by atoms with Crippen molar-refractivity contribution in [3.8, 4) is 5.75 Å². The summed E-state index contributed by atoms with van der Waals surface area (Å²) >= 11 is 0. The van der Waals surface area contributed by atoms with E-state index in [0.29, 0.717) is 0 Å². The fraction of sp³-hybridized carbons (Fsp3) is 0. The first-order valence-corrected chi connectivity index (χ1v) is 2.77. The molecule has 2 amide bonds. The minimum absolute atomic E-state index is 0. The molecule has 0 spiro atoms. The van der Waals surface area contributed by atoms with E-state index in [1.165, 1.54) is 6.20 Å². The van der Waals surface area contributed by atoms with Crippen LogP contribution in [0.5, 0.6) is 5.75 Å². The summed E-state index contributed by atoms with van der Waals surface area (Å²) in [5, 5.41) is 8.57. The molecule has 12 heavy (non-hydrogen) atoms. The van der Waals surface area contributed by atoms with Gasteiger partial charge in [0.05, 0.1) is 6.20 Å². The number of nitrogens with two attached hydrogens (primary N) is 2. The highest BCUT2D eigenvalue weighted by atomic mass is 35.5. The van der Waals surface area contributed by atoms with Crippen LogP contribution in [-0.2, 0) is 0 Å². The molecule has 0 bridgehead atoms. The van der Waals surface area contributed by atoms with Gasteiger partial charge in [-0.3, -0.25) is 4.98 Å². The molecule has 0 saturated carbocycles. The van der Waals surface area contributed by atoms with E-state index in [2.05, 4.69) is 16.5 Å². The maximum Gasteiger partial charge on any atom is 0.309 e. The Kier molecular flexibility index (Phi) is 8.33. The van der Waals surface area contributed by atoms with Gasteiger partial charge < -0.3 is 16.6 Å². The first-order chi connectivity index (χ1) is 5.13. The van der Waals surface area contributed by atoms with E-state index in [1.807, 2.05) is 0 Å². The van der Waals surface area contributed by atoms with E-state index in [-0.39, 0.29) is 18.2 Å². The largest absolute Gasteiger partial charge is 0.506 e. The lowest BCUT2D eigenvalue weighted by Crippen LogP contribution is -2.18. The lowest BCUT2D eigenvalue weighted by atomic mass is 10.5. The maximum absolute atomic E-state index is 9.00. The number of halogens is 1. The van der Waals surface area contributed by atoms with Gasteiger partial charge in [0.25, 0.3) is 0 Å². The molecule has 68 valence electrons. The summed E-state index contributed by atoms with van der Waals surface area (Å²) in [6.45, 7) is 0. The van der Waals surface area contributed by atoms with Crippen molar-refractivity contribution < 1.29 is 9.90 Å². The van der Waals surface area contributed by atoms with Crippen LogP contribution in [0.4, 0.5) is 4.79 Å². The van der Waals surface area contributed by atoms with Gasteiger partial charge in [-0.1, -0.05) is 0 Å². The molecule has 5 N–H and O–H groups in total. The normalized spacial score (nSPS) is 7.00. The second-order valence-corrected chi connectivity index (χ2v) is 1.61. The Labute approximate surface area is 75.8 Å². The summed E-state index contributed by atoms with van der Waals surface area (Å²) in [7, 11) is 0. The predicted molar refractivity (Wildman–Crippen MR) is 46.9 cm³/mol. The van der Waals surface area contributed by atoms with E-state index < -0.39 is 6.03 Å². The number of carbonyl (C=O) groups is 1. The van der Waals surface area contributed by atoms with E-state index in [1.54, 1.807) is 18.3 Å². The molecular weight excluding hydrogens is 182 g/mol. The number of aromatic hydroxyl groups is 1. The van der Waals surface area contributed by atoms with Crippen LogP contribution in [0.15, 0.2) is 24.5 Å². The van der Waals surface area contributed by atoms with Crippen molar-refractivity contribution in [2.24, 2.45) is 11.5 Å². The molecule has 0 saturated heterocycles. The van der Waals surface area contributed by atoms with Crippen molar-refractivity contribution >= 4 is 18.4 Å². The van der Waals surface area contributed by atoms with Crippen molar-refractivity contribution in [2.75, 3.05) is 0 Å². The number of primary amides is 2. The molecule has 0 aliphatic carbocycles. The minimum Gasteiger partial charge on any atom is -0.506 e. The third kappa shape index (κ3) is 11.3. The first-order valence-electron chi connectivity index (χ1n) is 2.77. The zero-order valence-corrected chi connectivity index (χ0v) is 6.99. The number of amides is 2. The number of rotatable bonds is 0. The average Bonchev–Trinajstić information content (AvgIpc) is 1.87. The zero-order valence-electron chi connectivity index (χ0n) is 6.18. The van der Waals surface area contributed by atoms with Crippen LogP contribution in [0.3, 0.4) is 0 Å². The van der Waals surface area contributed by atoms with Gasteiger partial charge >= 0.3 is 6.03 Å². The monoisotopic (exact) mass is 191 g/mol. The molecule has 1 heterocycles. The highest BCUT2D eigenvalue weighted by molar-refractivity contribution is 5.85. The maximum atomic E-state index is 9.00. The minimum atomic E-state index is -0.833. The van der Waals surface area contributed by atoms with Gasteiger partial charge in [-0.15, -0.1) is 12.4 Å². The summed E-state index contributed by atoms with van der Waals surface area (Å²) in [5.41, 5.74) is 8.50. The molecule has 5 nitrogen and oxygen atoms in total. The summed E-state index contributed by atoms with van der Waals surface area (Å²) in [6, 6.07) is 2.42. The SMILES string of the molecule is Cl.NC(N)=O.Oc1cccnc1. The van der Waals surface area contributed by atoms with E-state index in [9.17, 15) is 0 Å². The Balaban J connectivity index is 0. The number of nitrogens with zero attached hydrogens (tertiary/aromatic N) is 1. The van der Waals surface area contributed by atoms with E-state index >= 15 is 0 Å². The van der Waals surface area contributed by atoms with Crippen LogP contribution in [0.1, 0.15) is 0 Å². The molecule has 1 rings (SSSR count). The number of hydrogen-bond acceptors (Lipinski definition) is 3. The van der Waals surface area contributed by atoms with Gasteiger partial charge in [0.15, 0.2) is 0 Å². The van der Waals surface area contributed by atoms with Crippen LogP contribution >= 0.6 is 12.4 Å². The lowest BCUT2D eigenvalue weighted by molar-refractivity contribution is 0.256. The van der Waals surface area contributed by atoms with Crippen molar-refractivity contribution in [1.29, 1.82) is 0 Å². The van der Waals surface area contributed by atoms with Crippen LogP contribution in [0, 0.1) is 0 Å². The standard InChI is InChI=1S/C5H5NO.CH4N2O.ClH/c7-5-2-1-3-6-4-5;2-1(3)4;/h1-4,7H;(H4,2,3,4);1H. The number of carbonyl (C=O) groups excluding carboxylic acids is 1. The number of pyridine rings is 1. The summed E-state index contributed by atoms with van der Waals surface area (Å²) in [5.74, 6) is 0.211. The average molecular weight is 192 g/mol. The van der Waals surface area contributed by atoms with Gasteiger partial charge in [0.1, 0.15) is 5.75 Å². The summed E-state index contributed by atoms with van der Waals surface area (Å²) in [6.07, 6.45) is 3.00. The molecule has 0 aliphatic rings. The fourth-order valence-corrected chi connectivity index (χ4v) is 0.354. The van der Waals surface area contributed by atoms with E-state index in [0.717, 1.165) is 0 Å². The highest BCUT2D eigenvalue weighted by Crippen LogP contribution is 1.99. The Morgan fingerprint density at radius 1 is 1.50 bits per heavy atom. The van der Waals surface area contributed by atoms with Crippen LogP contribution < -0.4 is 11.5 Å². The predicted octanol–water partition coefficient (Wildman–Crippen LogP) is 0.233.